The lowest BCUT2D eigenvalue weighted by Crippen LogP contribution is -2.60. The fourth-order valence-corrected chi connectivity index (χ4v) is 4.32. The number of fused-ring (bicyclic) bond motifs is 1. The average molecular weight is 566 g/mol. The lowest BCUT2D eigenvalue weighted by Gasteiger charge is -2.26. The van der Waals surface area contributed by atoms with Crippen LogP contribution >= 0.6 is 11.8 Å². The maximum absolute atomic E-state index is 13.4. The number of nitrogens with two attached hydrogens (primary N) is 1. The van der Waals surface area contributed by atoms with Gasteiger partial charge >= 0.3 is 11.9 Å². The van der Waals surface area contributed by atoms with E-state index in [0.717, 1.165) is 10.9 Å². The van der Waals surface area contributed by atoms with Crippen molar-refractivity contribution in [1.29, 1.82) is 0 Å². The zero-order valence-electron chi connectivity index (χ0n) is 21.7. The first-order chi connectivity index (χ1) is 18.4. The smallest absolute Gasteiger partial charge is 0.326 e. The fourth-order valence-electron chi connectivity index (χ4n) is 3.83. The molecule has 0 aliphatic heterocycles. The van der Waals surface area contributed by atoms with Crippen LogP contribution in [0.4, 0.5) is 0 Å². The number of carbonyl (C=O) groups excluding carboxylic acids is 3. The molecule has 0 bridgehead atoms. The summed E-state index contributed by atoms with van der Waals surface area (Å²) in [5.41, 5.74) is 7.51. The van der Waals surface area contributed by atoms with Gasteiger partial charge in [-0.05, 0) is 43.4 Å². The van der Waals surface area contributed by atoms with Crippen molar-refractivity contribution in [3.8, 4) is 0 Å². The van der Waals surface area contributed by atoms with Crippen LogP contribution in [0.25, 0.3) is 10.9 Å². The highest BCUT2D eigenvalue weighted by Gasteiger charge is 2.33. The molecule has 1 heterocycles. The number of para-hydroxylation sites is 1. The molecule has 5 atom stereocenters. The molecule has 13 nitrogen and oxygen atoms in total. The van der Waals surface area contributed by atoms with E-state index in [1.165, 1.54) is 18.7 Å². The highest BCUT2D eigenvalue weighted by atomic mass is 32.2. The van der Waals surface area contributed by atoms with E-state index in [0.29, 0.717) is 17.7 Å². The molecule has 0 radical (unpaired) electrons. The third-order valence-corrected chi connectivity index (χ3v) is 6.67. The van der Waals surface area contributed by atoms with Gasteiger partial charge in [0, 0.05) is 29.9 Å². The van der Waals surface area contributed by atoms with E-state index < -0.39 is 72.8 Å². The summed E-state index contributed by atoms with van der Waals surface area (Å²) >= 11 is 1.51. The molecule has 5 unspecified atom stereocenters. The summed E-state index contributed by atoms with van der Waals surface area (Å²) in [6, 6.07) is 2.15. The normalized spacial score (nSPS) is 15.0. The number of aromatic nitrogens is 1. The van der Waals surface area contributed by atoms with Gasteiger partial charge in [-0.15, -0.1) is 0 Å². The number of carbonyl (C=O) groups is 5. The van der Waals surface area contributed by atoms with Gasteiger partial charge in [0.1, 0.15) is 18.1 Å². The summed E-state index contributed by atoms with van der Waals surface area (Å²) in [6.07, 6.45) is 1.61. The van der Waals surface area contributed by atoms with E-state index in [1.54, 1.807) is 6.20 Å². The third kappa shape index (κ3) is 9.57. The Balaban J connectivity index is 2.25. The van der Waals surface area contributed by atoms with Gasteiger partial charge in [0.2, 0.25) is 17.7 Å². The average Bonchev–Trinajstić information content (AvgIpc) is 3.29. The fraction of sp³-hybridized carbons (Fsp3) is 0.480. The number of aliphatic hydroxyl groups is 1. The van der Waals surface area contributed by atoms with Crippen LogP contribution in [-0.2, 0) is 30.4 Å². The summed E-state index contributed by atoms with van der Waals surface area (Å²) in [5, 5.41) is 36.4. The van der Waals surface area contributed by atoms with Gasteiger partial charge in [0.25, 0.3) is 0 Å². The lowest BCUT2D eigenvalue weighted by molar-refractivity contribution is -0.144. The number of nitrogens with one attached hydrogen (secondary N) is 4. The van der Waals surface area contributed by atoms with E-state index in [1.807, 2.05) is 30.5 Å². The molecule has 0 aliphatic carbocycles. The van der Waals surface area contributed by atoms with Crippen LogP contribution in [0.3, 0.4) is 0 Å². The molecule has 214 valence electrons. The van der Waals surface area contributed by atoms with E-state index >= 15 is 0 Å². The monoisotopic (exact) mass is 565 g/mol. The SMILES string of the molecule is CSCCC(N)C(=O)NC(Cc1c[nH]c2ccccc12)C(=O)NC(C(=O)NC(CCC(=O)O)C(=O)O)C(C)O. The molecular formula is C25H35N5O8S. The van der Waals surface area contributed by atoms with Gasteiger partial charge in [0.05, 0.1) is 12.1 Å². The van der Waals surface area contributed by atoms with Crippen molar-refractivity contribution < 1.29 is 39.3 Å². The maximum Gasteiger partial charge on any atom is 0.326 e. The summed E-state index contributed by atoms with van der Waals surface area (Å²) in [6.45, 7) is 1.23. The van der Waals surface area contributed by atoms with Gasteiger partial charge in [-0.1, -0.05) is 18.2 Å². The molecule has 9 N–H and O–H groups in total. The minimum atomic E-state index is -1.59. The van der Waals surface area contributed by atoms with Crippen molar-refractivity contribution in [2.45, 2.75) is 62.9 Å². The number of hydrogen-bond donors (Lipinski definition) is 8. The molecule has 0 saturated heterocycles. The minimum absolute atomic E-state index is 0.0291. The van der Waals surface area contributed by atoms with E-state index in [-0.39, 0.29) is 6.42 Å². The molecule has 0 fully saturated rings. The third-order valence-electron chi connectivity index (χ3n) is 6.03. The molecule has 39 heavy (non-hydrogen) atoms. The molecule has 3 amide bonds. The molecule has 14 heteroatoms. The Morgan fingerprint density at radius 2 is 1.64 bits per heavy atom. The Morgan fingerprint density at radius 1 is 0.974 bits per heavy atom. The van der Waals surface area contributed by atoms with Crippen LogP contribution in [0.5, 0.6) is 0 Å². The zero-order valence-corrected chi connectivity index (χ0v) is 22.5. The minimum Gasteiger partial charge on any atom is -0.481 e. The number of H-pyrrole nitrogens is 1. The number of carboxylic acids is 2. The molecule has 2 aromatic rings. The number of benzene rings is 1. The molecule has 1 aromatic heterocycles. The Kier molecular flexibility index (Phi) is 12.2. The largest absolute Gasteiger partial charge is 0.481 e. The predicted octanol–water partition coefficient (Wildman–Crippen LogP) is -0.425. The molecule has 0 spiro atoms. The molecule has 1 aromatic carbocycles. The van der Waals surface area contributed by atoms with E-state index in [4.69, 9.17) is 10.8 Å². The first-order valence-electron chi connectivity index (χ1n) is 12.3. The predicted molar refractivity (Wildman–Crippen MR) is 145 cm³/mol. The van der Waals surface area contributed by atoms with Crippen molar-refractivity contribution in [3.63, 3.8) is 0 Å². The Morgan fingerprint density at radius 3 is 2.26 bits per heavy atom. The van der Waals surface area contributed by atoms with Crippen LogP contribution < -0.4 is 21.7 Å². The molecular weight excluding hydrogens is 530 g/mol. The van der Waals surface area contributed by atoms with Crippen molar-refractivity contribution in [3.05, 3.63) is 36.0 Å². The van der Waals surface area contributed by atoms with Crippen LogP contribution in [0.15, 0.2) is 30.5 Å². The second kappa shape index (κ2) is 15.1. The van der Waals surface area contributed by atoms with Gasteiger partial charge in [-0.25, -0.2) is 4.79 Å². The number of amides is 3. The molecule has 0 saturated carbocycles. The van der Waals surface area contributed by atoms with Gasteiger partial charge in [-0.3, -0.25) is 19.2 Å². The van der Waals surface area contributed by atoms with Crippen molar-refractivity contribution in [2.75, 3.05) is 12.0 Å². The van der Waals surface area contributed by atoms with Crippen LogP contribution in [-0.4, -0.2) is 92.2 Å². The number of hydrogen-bond acceptors (Lipinski definition) is 8. The summed E-state index contributed by atoms with van der Waals surface area (Å²) in [7, 11) is 0. The highest BCUT2D eigenvalue weighted by Crippen LogP contribution is 2.19. The van der Waals surface area contributed by atoms with Gasteiger partial charge < -0.3 is 42.0 Å². The van der Waals surface area contributed by atoms with Gasteiger partial charge in [0.15, 0.2) is 0 Å². The van der Waals surface area contributed by atoms with Crippen molar-refractivity contribution in [2.24, 2.45) is 5.73 Å². The van der Waals surface area contributed by atoms with Gasteiger partial charge in [-0.2, -0.15) is 11.8 Å². The summed E-state index contributed by atoms with van der Waals surface area (Å²) < 4.78 is 0. The summed E-state index contributed by atoms with van der Waals surface area (Å²) in [4.78, 5) is 64.4. The second-order valence-corrected chi connectivity index (χ2v) is 10.1. The zero-order chi connectivity index (χ0) is 29.1. The molecule has 0 aliphatic rings. The lowest BCUT2D eigenvalue weighted by atomic mass is 10.0. The van der Waals surface area contributed by atoms with Crippen LogP contribution in [0, 0.1) is 0 Å². The number of thioether (sulfide) groups is 1. The first kappa shape index (κ1) is 31.6. The standard InChI is InChI=1S/C25H35N5O8S/c1-13(31)21(24(36)28-18(25(37)38)7-8-20(32)33)30-23(35)19(29-22(34)16(26)9-10-39-2)11-14-12-27-17-6-4-3-5-15(14)17/h3-6,12-13,16,18-19,21,27,31H,7-11,26H2,1-2H3,(H,28,36)(H,29,34)(H,30,35)(H,32,33)(H,37,38). The maximum atomic E-state index is 13.4. The number of aliphatic carboxylic acids is 2. The quantitative estimate of drug-likeness (QED) is 0.131. The summed E-state index contributed by atoms with van der Waals surface area (Å²) in [5.74, 6) is -4.48. The number of aliphatic hydroxyl groups excluding tert-OH is 1. The Hall–Kier alpha value is -3.62. The van der Waals surface area contributed by atoms with Crippen molar-refractivity contribution in [1.82, 2.24) is 20.9 Å². The second-order valence-electron chi connectivity index (χ2n) is 9.07. The Labute approximate surface area is 229 Å². The van der Waals surface area contributed by atoms with Crippen LogP contribution in [0.2, 0.25) is 0 Å². The number of aromatic amines is 1. The van der Waals surface area contributed by atoms with Crippen LogP contribution in [0.1, 0.15) is 31.7 Å². The topological polar surface area (TPSA) is 224 Å². The van der Waals surface area contributed by atoms with E-state index in [2.05, 4.69) is 20.9 Å². The highest BCUT2D eigenvalue weighted by molar-refractivity contribution is 7.98. The Bertz CT molecular complexity index is 1170. The number of rotatable bonds is 16. The van der Waals surface area contributed by atoms with Crippen molar-refractivity contribution >= 4 is 52.3 Å². The molecule has 2 rings (SSSR count). The number of carboxylic acid groups (broad SMARTS) is 2. The van der Waals surface area contributed by atoms with E-state index in [9.17, 15) is 34.2 Å². The first-order valence-corrected chi connectivity index (χ1v) is 13.7.